The van der Waals surface area contributed by atoms with Gasteiger partial charge in [-0.15, -0.1) is 0 Å². The highest BCUT2D eigenvalue weighted by atomic mass is 32.2. The van der Waals surface area contributed by atoms with Crippen molar-refractivity contribution in [3.05, 3.63) is 82.6 Å². The molecule has 0 aromatic heterocycles. The Balaban J connectivity index is 2.10. The van der Waals surface area contributed by atoms with Crippen LogP contribution in [0.3, 0.4) is 0 Å². The minimum Gasteiger partial charge on any atom is -0.508 e. The molecule has 112 valence electrons. The zero-order valence-corrected chi connectivity index (χ0v) is 13.5. The number of aryl methyl sites for hydroxylation is 2. The van der Waals surface area contributed by atoms with Crippen LogP contribution < -0.4 is 0 Å². The topological polar surface area (TPSA) is 37.3 Å². The highest BCUT2D eigenvalue weighted by molar-refractivity contribution is 7.95. The first kappa shape index (κ1) is 14.8. The lowest BCUT2D eigenvalue weighted by atomic mass is 9.98. The number of rotatable bonds is 2. The van der Waals surface area contributed by atoms with Crippen LogP contribution in [0.2, 0.25) is 0 Å². The van der Waals surface area contributed by atoms with Crippen LogP contribution >= 0.6 is 0 Å². The van der Waals surface area contributed by atoms with E-state index in [1.54, 1.807) is 6.08 Å². The Morgan fingerprint density at radius 2 is 1.77 bits per heavy atom. The second-order valence-electron chi connectivity index (χ2n) is 5.55. The first-order valence-electron chi connectivity index (χ1n) is 7.21. The highest BCUT2D eigenvalue weighted by Gasteiger charge is 2.22. The summed E-state index contributed by atoms with van der Waals surface area (Å²) in [5, 5.41) is 10.5. The molecule has 3 heteroatoms. The molecule has 2 aromatic rings. The lowest BCUT2D eigenvalue weighted by Crippen LogP contribution is -2.11. The third kappa shape index (κ3) is 2.77. The van der Waals surface area contributed by atoms with Gasteiger partial charge in [0, 0.05) is 5.57 Å². The third-order valence-corrected chi connectivity index (χ3v) is 5.27. The Morgan fingerprint density at radius 3 is 2.50 bits per heavy atom. The Morgan fingerprint density at radius 1 is 1.05 bits per heavy atom. The fraction of sp³-hybridized carbons (Fsp3) is 0.158. The summed E-state index contributed by atoms with van der Waals surface area (Å²) in [5.74, 6) is 0.559. The summed E-state index contributed by atoms with van der Waals surface area (Å²) in [6, 6.07) is 15.7. The molecular weight excluding hydrogens is 292 g/mol. The average molecular weight is 310 g/mol. The molecule has 22 heavy (non-hydrogen) atoms. The molecule has 2 aromatic carbocycles. The molecule has 0 spiro atoms. The summed E-state index contributed by atoms with van der Waals surface area (Å²) in [6.07, 6.45) is 1.64. The van der Waals surface area contributed by atoms with Crippen LogP contribution in [0.25, 0.3) is 10.5 Å². The Bertz CT molecular complexity index is 801. The largest absolute Gasteiger partial charge is 0.508 e. The second kappa shape index (κ2) is 5.93. The van der Waals surface area contributed by atoms with Crippen molar-refractivity contribution in [3.8, 4) is 0 Å². The minimum atomic E-state index is -1.15. The van der Waals surface area contributed by atoms with Gasteiger partial charge in [0.25, 0.3) is 0 Å². The predicted molar refractivity (Wildman–Crippen MR) is 92.9 cm³/mol. The molecule has 0 bridgehead atoms. The first-order valence-corrected chi connectivity index (χ1v) is 8.53. The third-order valence-electron chi connectivity index (χ3n) is 3.87. The number of aliphatic hydroxyl groups excluding tert-OH is 1. The monoisotopic (exact) mass is 310 g/mol. The lowest BCUT2D eigenvalue weighted by Gasteiger charge is -2.19. The zero-order valence-electron chi connectivity index (χ0n) is 12.7. The summed E-state index contributed by atoms with van der Waals surface area (Å²) in [4.78, 5) is 0.687. The predicted octanol–water partition coefficient (Wildman–Crippen LogP) is 4.38. The maximum atomic E-state index is 12.6. The van der Waals surface area contributed by atoms with Gasteiger partial charge in [0.05, 0.1) is 21.5 Å². The summed E-state index contributed by atoms with van der Waals surface area (Å²) < 4.78 is 12.6. The van der Waals surface area contributed by atoms with E-state index in [9.17, 15) is 9.32 Å². The van der Waals surface area contributed by atoms with Gasteiger partial charge in [-0.1, -0.05) is 54.1 Å². The van der Waals surface area contributed by atoms with Crippen molar-refractivity contribution in [2.45, 2.75) is 13.8 Å². The molecule has 1 atom stereocenters. The van der Waals surface area contributed by atoms with E-state index in [4.69, 9.17) is 0 Å². The van der Waals surface area contributed by atoms with Gasteiger partial charge in [-0.25, -0.2) is 0 Å². The van der Waals surface area contributed by atoms with Gasteiger partial charge in [0.15, 0.2) is 0 Å². The van der Waals surface area contributed by atoms with Crippen molar-refractivity contribution in [3.63, 3.8) is 0 Å². The van der Waals surface area contributed by atoms with Gasteiger partial charge in [-0.2, -0.15) is 0 Å². The molecular formula is C19H18O2S. The van der Waals surface area contributed by atoms with Gasteiger partial charge in [0.1, 0.15) is 5.76 Å². The minimum absolute atomic E-state index is 0.215. The quantitative estimate of drug-likeness (QED) is 0.894. The molecule has 2 nitrogen and oxygen atoms in total. The van der Waals surface area contributed by atoms with E-state index in [-0.39, 0.29) is 5.76 Å². The Kier molecular flexibility index (Phi) is 3.99. The Hall–Kier alpha value is -2.13. The summed E-state index contributed by atoms with van der Waals surface area (Å²) in [7, 11) is -1.15. The van der Waals surface area contributed by atoms with E-state index in [1.807, 2.05) is 62.4 Å². The number of hydrogen-bond donors (Lipinski definition) is 1. The number of aliphatic hydroxyl groups is 1. The lowest BCUT2D eigenvalue weighted by molar-refractivity contribution is 0.435. The van der Waals surface area contributed by atoms with E-state index >= 15 is 0 Å². The highest BCUT2D eigenvalue weighted by Crippen LogP contribution is 2.33. The molecule has 1 unspecified atom stereocenters. The van der Waals surface area contributed by atoms with Crippen LogP contribution in [0.15, 0.2) is 60.4 Å². The molecule has 0 saturated heterocycles. The fourth-order valence-corrected chi connectivity index (χ4v) is 4.02. The first-order chi connectivity index (χ1) is 10.6. The van der Waals surface area contributed by atoms with Crippen LogP contribution in [-0.4, -0.2) is 15.1 Å². The maximum Gasteiger partial charge on any atom is 0.121 e. The van der Waals surface area contributed by atoms with E-state index in [2.05, 4.69) is 0 Å². The summed E-state index contributed by atoms with van der Waals surface area (Å²) >= 11 is 0. The van der Waals surface area contributed by atoms with Crippen molar-refractivity contribution in [1.82, 2.24) is 0 Å². The van der Waals surface area contributed by atoms with Crippen LogP contribution in [0.4, 0.5) is 0 Å². The average Bonchev–Trinajstić information content (AvgIpc) is 2.52. The smallest absolute Gasteiger partial charge is 0.121 e. The van der Waals surface area contributed by atoms with E-state index in [0.717, 1.165) is 27.8 Å². The number of benzene rings is 2. The second-order valence-corrected chi connectivity index (χ2v) is 6.97. The Labute approximate surface area is 133 Å². The van der Waals surface area contributed by atoms with E-state index in [1.165, 1.54) is 0 Å². The van der Waals surface area contributed by atoms with Gasteiger partial charge in [0.2, 0.25) is 0 Å². The van der Waals surface area contributed by atoms with Crippen molar-refractivity contribution in [1.29, 1.82) is 0 Å². The molecule has 1 aliphatic heterocycles. The van der Waals surface area contributed by atoms with Crippen LogP contribution in [0, 0.1) is 13.8 Å². The summed E-state index contributed by atoms with van der Waals surface area (Å²) in [5.41, 5.74) is 4.85. The molecule has 0 amide bonds. The molecule has 0 saturated carbocycles. The molecule has 1 heterocycles. The number of hydrogen-bond acceptors (Lipinski definition) is 2. The molecule has 1 aliphatic rings. The van der Waals surface area contributed by atoms with Crippen molar-refractivity contribution in [2.24, 2.45) is 0 Å². The van der Waals surface area contributed by atoms with Gasteiger partial charge in [-0.05, 0) is 36.6 Å². The SMILES string of the molecule is Cc1ccc(C)c(C2=C(O)C=C(c3ccccc3)S(=O)C2)c1. The van der Waals surface area contributed by atoms with Crippen molar-refractivity contribution in [2.75, 3.05) is 5.75 Å². The molecule has 1 N–H and O–H groups in total. The maximum absolute atomic E-state index is 12.6. The van der Waals surface area contributed by atoms with Crippen LogP contribution in [0.5, 0.6) is 0 Å². The van der Waals surface area contributed by atoms with Gasteiger partial charge >= 0.3 is 0 Å². The van der Waals surface area contributed by atoms with Crippen LogP contribution in [0.1, 0.15) is 22.3 Å². The normalized spacial score (nSPS) is 18.3. The zero-order chi connectivity index (χ0) is 15.7. The van der Waals surface area contributed by atoms with Gasteiger partial charge < -0.3 is 5.11 Å². The molecule has 0 aliphatic carbocycles. The molecule has 0 radical (unpaired) electrons. The van der Waals surface area contributed by atoms with Crippen molar-refractivity contribution < 1.29 is 9.32 Å². The van der Waals surface area contributed by atoms with E-state index < -0.39 is 10.8 Å². The molecule has 3 rings (SSSR count). The molecule has 0 fully saturated rings. The van der Waals surface area contributed by atoms with Gasteiger partial charge in [-0.3, -0.25) is 4.21 Å². The van der Waals surface area contributed by atoms with Crippen molar-refractivity contribution >= 4 is 21.3 Å². The fourth-order valence-electron chi connectivity index (χ4n) is 2.65. The number of allylic oxidation sites excluding steroid dienone is 1. The van der Waals surface area contributed by atoms with Crippen LogP contribution in [-0.2, 0) is 10.8 Å². The van der Waals surface area contributed by atoms with E-state index in [0.29, 0.717) is 10.7 Å². The standard InChI is InChI=1S/C19H18O2S/c1-13-8-9-14(2)16(10-13)17-12-22(21)19(11-18(17)20)15-6-4-3-5-7-15/h3-11,20H,12H2,1-2H3. The summed E-state index contributed by atoms with van der Waals surface area (Å²) in [6.45, 7) is 4.03.